The van der Waals surface area contributed by atoms with E-state index in [-0.39, 0.29) is 4.90 Å². The molecule has 0 atom stereocenters. The van der Waals surface area contributed by atoms with Crippen molar-refractivity contribution in [3.63, 3.8) is 0 Å². The number of rotatable bonds is 3. The molecular formula is C15H12N2O4S. The quantitative estimate of drug-likeness (QED) is 0.872. The molecule has 0 aromatic heterocycles. The van der Waals surface area contributed by atoms with Crippen LogP contribution in [0.2, 0.25) is 0 Å². The normalized spacial score (nSPS) is 15.0. The fraction of sp³-hybridized carbons (Fsp3) is 0.0667. The summed E-state index contributed by atoms with van der Waals surface area (Å²) in [4.78, 5) is 22.6. The number of carbonyl (C=O) groups excluding carboxylic acids is 2. The smallest absolute Gasteiger partial charge is 0.275 e. The first-order valence-electron chi connectivity index (χ1n) is 6.50. The van der Waals surface area contributed by atoms with Gasteiger partial charge in [0.15, 0.2) is 0 Å². The highest BCUT2D eigenvalue weighted by molar-refractivity contribution is 7.89. The van der Waals surface area contributed by atoms with Crippen LogP contribution in [-0.4, -0.2) is 31.2 Å². The first-order chi connectivity index (χ1) is 10.5. The molecule has 0 unspecified atom stereocenters. The Kier molecular flexibility index (Phi) is 3.42. The van der Waals surface area contributed by atoms with Gasteiger partial charge in [0.2, 0.25) is 5.91 Å². The zero-order chi connectivity index (χ0) is 15.7. The van der Waals surface area contributed by atoms with Crippen LogP contribution in [0.5, 0.6) is 0 Å². The summed E-state index contributed by atoms with van der Waals surface area (Å²) in [5, 5.41) is 1.95. The van der Waals surface area contributed by atoms with Gasteiger partial charge in [-0.05, 0) is 23.3 Å². The summed E-state index contributed by atoms with van der Waals surface area (Å²) in [6.45, 7) is -0.485. The molecule has 6 nitrogen and oxygen atoms in total. The number of amides is 3. The first-order valence-corrected chi connectivity index (χ1v) is 7.94. The first kappa shape index (κ1) is 14.3. The number of sulfonamides is 1. The Hall–Kier alpha value is -2.67. The van der Waals surface area contributed by atoms with Crippen molar-refractivity contribution in [1.29, 1.82) is 0 Å². The standard InChI is InChI=1S/C15H12N2O4S/c18-14-10-17(15(19)16-14)22(20,21)13-8-6-12(7-9-13)11-4-2-1-3-5-11/h1-9H,10H2,(H,16,18,19). The van der Waals surface area contributed by atoms with Crippen LogP contribution in [-0.2, 0) is 14.8 Å². The molecule has 1 aliphatic rings. The second-order valence-corrected chi connectivity index (χ2v) is 6.62. The van der Waals surface area contributed by atoms with Gasteiger partial charge >= 0.3 is 6.03 Å². The van der Waals surface area contributed by atoms with Gasteiger partial charge in [0.1, 0.15) is 6.54 Å². The molecule has 0 saturated carbocycles. The maximum atomic E-state index is 12.4. The van der Waals surface area contributed by atoms with Crippen molar-refractivity contribution >= 4 is 22.0 Å². The van der Waals surface area contributed by atoms with Gasteiger partial charge in [-0.3, -0.25) is 10.1 Å². The number of benzene rings is 2. The van der Waals surface area contributed by atoms with Gasteiger partial charge in [-0.1, -0.05) is 42.5 Å². The summed E-state index contributed by atoms with van der Waals surface area (Å²) >= 11 is 0. The maximum absolute atomic E-state index is 12.4. The number of nitrogens with one attached hydrogen (secondary N) is 1. The highest BCUT2D eigenvalue weighted by atomic mass is 32.2. The van der Waals surface area contributed by atoms with E-state index < -0.39 is 28.5 Å². The predicted molar refractivity (Wildman–Crippen MR) is 79.3 cm³/mol. The summed E-state index contributed by atoms with van der Waals surface area (Å²) in [5.41, 5.74) is 1.82. The van der Waals surface area contributed by atoms with E-state index in [4.69, 9.17) is 0 Å². The molecule has 1 heterocycles. The molecule has 0 aliphatic carbocycles. The number of carbonyl (C=O) groups is 2. The minimum absolute atomic E-state index is 0.0305. The van der Waals surface area contributed by atoms with E-state index in [1.54, 1.807) is 12.1 Å². The molecule has 7 heteroatoms. The SMILES string of the molecule is O=C1CN(S(=O)(=O)c2ccc(-c3ccccc3)cc2)C(=O)N1. The lowest BCUT2D eigenvalue weighted by Gasteiger charge is -2.14. The highest BCUT2D eigenvalue weighted by Gasteiger charge is 2.37. The molecule has 2 aromatic rings. The summed E-state index contributed by atoms with van der Waals surface area (Å²) in [6, 6.07) is 14.8. The van der Waals surface area contributed by atoms with Crippen molar-refractivity contribution in [2.24, 2.45) is 0 Å². The topological polar surface area (TPSA) is 83.6 Å². The average molecular weight is 316 g/mol. The van der Waals surface area contributed by atoms with Gasteiger partial charge in [-0.15, -0.1) is 0 Å². The number of urea groups is 1. The minimum Gasteiger partial charge on any atom is -0.275 e. The number of hydrogen-bond acceptors (Lipinski definition) is 4. The summed E-state index contributed by atoms with van der Waals surface area (Å²) in [6.07, 6.45) is 0. The largest absolute Gasteiger partial charge is 0.338 e. The van der Waals surface area contributed by atoms with Crippen LogP contribution in [0.4, 0.5) is 4.79 Å². The molecule has 22 heavy (non-hydrogen) atoms. The summed E-state index contributed by atoms with van der Waals surface area (Å²) in [5.74, 6) is -0.630. The third-order valence-electron chi connectivity index (χ3n) is 3.31. The number of hydrogen-bond donors (Lipinski definition) is 1. The second-order valence-electron chi connectivity index (χ2n) is 4.76. The average Bonchev–Trinajstić information content (AvgIpc) is 2.88. The number of imide groups is 1. The molecule has 1 aliphatic heterocycles. The van der Waals surface area contributed by atoms with Crippen molar-refractivity contribution < 1.29 is 18.0 Å². The Morgan fingerprint density at radius 3 is 2.00 bits per heavy atom. The van der Waals surface area contributed by atoms with Crippen LogP contribution in [0, 0.1) is 0 Å². The van der Waals surface area contributed by atoms with Gasteiger partial charge in [0.05, 0.1) is 4.90 Å². The van der Waals surface area contributed by atoms with Crippen molar-refractivity contribution in [1.82, 2.24) is 9.62 Å². The maximum Gasteiger partial charge on any atom is 0.338 e. The molecule has 1 fully saturated rings. The van der Waals surface area contributed by atoms with Crippen molar-refractivity contribution in [2.75, 3.05) is 6.54 Å². The summed E-state index contributed by atoms with van der Waals surface area (Å²) < 4.78 is 25.2. The van der Waals surface area contributed by atoms with Crippen molar-refractivity contribution in [2.45, 2.75) is 4.90 Å². The Morgan fingerprint density at radius 1 is 0.864 bits per heavy atom. The Labute approximate surface area is 127 Å². The van der Waals surface area contributed by atoms with E-state index in [2.05, 4.69) is 0 Å². The molecule has 1 N–H and O–H groups in total. The Balaban J connectivity index is 1.93. The van der Waals surface area contributed by atoms with E-state index in [0.29, 0.717) is 4.31 Å². The zero-order valence-electron chi connectivity index (χ0n) is 11.4. The Morgan fingerprint density at radius 2 is 1.45 bits per heavy atom. The molecule has 0 radical (unpaired) electrons. The molecule has 1 saturated heterocycles. The lowest BCUT2D eigenvalue weighted by molar-refractivity contribution is -0.118. The van der Waals surface area contributed by atoms with Crippen LogP contribution in [0.15, 0.2) is 59.5 Å². The molecule has 0 bridgehead atoms. The lowest BCUT2D eigenvalue weighted by Crippen LogP contribution is -2.34. The van der Waals surface area contributed by atoms with Crippen LogP contribution in [0.3, 0.4) is 0 Å². The van der Waals surface area contributed by atoms with E-state index >= 15 is 0 Å². The van der Waals surface area contributed by atoms with E-state index in [0.717, 1.165) is 11.1 Å². The molecular weight excluding hydrogens is 304 g/mol. The van der Waals surface area contributed by atoms with E-state index in [1.807, 2.05) is 35.6 Å². The minimum atomic E-state index is -4.02. The Bertz CT molecular complexity index is 830. The van der Waals surface area contributed by atoms with Crippen LogP contribution < -0.4 is 5.32 Å². The fourth-order valence-electron chi connectivity index (χ4n) is 2.19. The third-order valence-corrected chi connectivity index (χ3v) is 5.05. The molecule has 3 amide bonds. The third kappa shape index (κ3) is 2.46. The highest BCUT2D eigenvalue weighted by Crippen LogP contribution is 2.23. The van der Waals surface area contributed by atoms with E-state index in [9.17, 15) is 18.0 Å². The van der Waals surface area contributed by atoms with Gasteiger partial charge in [-0.25, -0.2) is 17.5 Å². The summed E-state index contributed by atoms with van der Waals surface area (Å²) in [7, 11) is -4.02. The zero-order valence-corrected chi connectivity index (χ0v) is 12.2. The molecule has 3 rings (SSSR count). The monoisotopic (exact) mass is 316 g/mol. The molecule has 0 spiro atoms. The van der Waals surface area contributed by atoms with E-state index in [1.165, 1.54) is 12.1 Å². The van der Waals surface area contributed by atoms with Crippen LogP contribution in [0.1, 0.15) is 0 Å². The second kappa shape index (κ2) is 5.27. The predicted octanol–water partition coefficient (Wildman–Crippen LogP) is 1.59. The lowest BCUT2D eigenvalue weighted by atomic mass is 10.1. The molecule has 2 aromatic carbocycles. The van der Waals surface area contributed by atoms with Crippen LogP contribution >= 0.6 is 0 Å². The number of nitrogens with zero attached hydrogens (tertiary/aromatic N) is 1. The van der Waals surface area contributed by atoms with Gasteiger partial charge in [-0.2, -0.15) is 0 Å². The van der Waals surface area contributed by atoms with Crippen LogP contribution in [0.25, 0.3) is 11.1 Å². The molecule has 112 valence electrons. The fourth-order valence-corrected chi connectivity index (χ4v) is 3.48. The van der Waals surface area contributed by atoms with Gasteiger partial charge in [0, 0.05) is 0 Å². The van der Waals surface area contributed by atoms with Gasteiger partial charge < -0.3 is 0 Å². The van der Waals surface area contributed by atoms with Crippen molar-refractivity contribution in [3.05, 3.63) is 54.6 Å². The van der Waals surface area contributed by atoms with Crippen molar-refractivity contribution in [3.8, 4) is 11.1 Å². The van der Waals surface area contributed by atoms with Gasteiger partial charge in [0.25, 0.3) is 10.0 Å².